The lowest BCUT2D eigenvalue weighted by atomic mass is 9.78. The molecular formula is C17H23NO4. The van der Waals surface area contributed by atoms with E-state index in [1.165, 1.54) is 0 Å². The van der Waals surface area contributed by atoms with E-state index in [9.17, 15) is 9.59 Å². The van der Waals surface area contributed by atoms with E-state index < -0.39 is 5.41 Å². The molecule has 5 nitrogen and oxygen atoms in total. The zero-order chi connectivity index (χ0) is 16.2. The highest BCUT2D eigenvalue weighted by molar-refractivity contribution is 5.87. The monoisotopic (exact) mass is 305 g/mol. The summed E-state index contributed by atoms with van der Waals surface area (Å²) in [6.07, 6.45) is 1.26. The Labute approximate surface area is 130 Å². The number of hydrogen-bond acceptors (Lipinski definition) is 4. The van der Waals surface area contributed by atoms with Crippen LogP contribution in [0.1, 0.15) is 43.7 Å². The summed E-state index contributed by atoms with van der Waals surface area (Å²) >= 11 is 0. The molecule has 120 valence electrons. The first-order valence-corrected chi connectivity index (χ1v) is 7.70. The molecule has 1 fully saturated rings. The molecule has 0 saturated carbocycles. The molecule has 0 bridgehead atoms. The molecular weight excluding hydrogens is 282 g/mol. The van der Waals surface area contributed by atoms with E-state index in [0.717, 1.165) is 11.1 Å². The van der Waals surface area contributed by atoms with Crippen molar-refractivity contribution >= 4 is 11.9 Å². The van der Waals surface area contributed by atoms with Gasteiger partial charge in [0.25, 0.3) is 0 Å². The van der Waals surface area contributed by atoms with Gasteiger partial charge in [0.05, 0.1) is 24.5 Å². The molecule has 1 heterocycles. The van der Waals surface area contributed by atoms with Crippen LogP contribution < -0.4 is 5.73 Å². The fourth-order valence-electron chi connectivity index (χ4n) is 2.94. The highest BCUT2D eigenvalue weighted by Crippen LogP contribution is 2.34. The van der Waals surface area contributed by atoms with Crippen molar-refractivity contribution in [2.75, 3.05) is 19.8 Å². The van der Waals surface area contributed by atoms with Crippen molar-refractivity contribution < 1.29 is 19.1 Å². The predicted molar refractivity (Wildman–Crippen MR) is 82.4 cm³/mol. The number of benzene rings is 1. The zero-order valence-electron chi connectivity index (χ0n) is 13.1. The molecule has 1 aliphatic rings. The van der Waals surface area contributed by atoms with E-state index in [1.54, 1.807) is 6.92 Å². The second-order valence-electron chi connectivity index (χ2n) is 5.58. The number of ether oxygens (including phenoxy) is 2. The summed E-state index contributed by atoms with van der Waals surface area (Å²) in [5.41, 5.74) is 6.58. The topological polar surface area (TPSA) is 78.6 Å². The minimum Gasteiger partial charge on any atom is -0.466 e. The average Bonchev–Trinajstić information content (AvgIpc) is 3.00. The van der Waals surface area contributed by atoms with Crippen molar-refractivity contribution in [2.24, 2.45) is 5.73 Å². The number of rotatable bonds is 6. The molecule has 5 heteroatoms. The molecule has 1 amide bonds. The van der Waals surface area contributed by atoms with Crippen molar-refractivity contribution in [1.82, 2.24) is 0 Å². The van der Waals surface area contributed by atoms with Gasteiger partial charge < -0.3 is 15.2 Å². The lowest BCUT2D eigenvalue weighted by Crippen LogP contribution is -2.41. The predicted octanol–water partition coefficient (Wildman–Crippen LogP) is 1.89. The van der Waals surface area contributed by atoms with Crippen LogP contribution >= 0.6 is 0 Å². The van der Waals surface area contributed by atoms with E-state index >= 15 is 0 Å². The summed E-state index contributed by atoms with van der Waals surface area (Å²) in [5.74, 6) is -0.861. The summed E-state index contributed by atoms with van der Waals surface area (Å²) in [6, 6.07) is 7.50. The molecule has 0 spiro atoms. The van der Waals surface area contributed by atoms with Gasteiger partial charge in [-0.15, -0.1) is 0 Å². The van der Waals surface area contributed by atoms with Gasteiger partial charge in [-0.05, 0) is 30.9 Å². The number of amides is 1. The van der Waals surface area contributed by atoms with Crippen LogP contribution in [0.15, 0.2) is 24.3 Å². The van der Waals surface area contributed by atoms with Crippen molar-refractivity contribution in [1.29, 1.82) is 0 Å². The Balaban J connectivity index is 2.26. The molecule has 22 heavy (non-hydrogen) atoms. The number of hydrogen-bond donors (Lipinski definition) is 1. The van der Waals surface area contributed by atoms with E-state index in [2.05, 4.69) is 0 Å². The van der Waals surface area contributed by atoms with Crippen molar-refractivity contribution in [3.8, 4) is 0 Å². The fraction of sp³-hybridized carbons (Fsp3) is 0.529. The van der Waals surface area contributed by atoms with E-state index in [4.69, 9.17) is 15.2 Å². The molecule has 0 aromatic heterocycles. The average molecular weight is 305 g/mol. The summed E-state index contributed by atoms with van der Waals surface area (Å²) in [5, 5.41) is 0. The molecule has 1 aromatic rings. The fourth-order valence-corrected chi connectivity index (χ4v) is 2.94. The van der Waals surface area contributed by atoms with Gasteiger partial charge in [0, 0.05) is 6.61 Å². The van der Waals surface area contributed by atoms with Gasteiger partial charge in [-0.25, -0.2) is 0 Å². The second kappa shape index (κ2) is 6.92. The van der Waals surface area contributed by atoms with Gasteiger partial charge >= 0.3 is 5.97 Å². The van der Waals surface area contributed by atoms with Crippen LogP contribution in [0.2, 0.25) is 0 Å². The highest BCUT2D eigenvalue weighted by atomic mass is 16.5. The summed E-state index contributed by atoms with van der Waals surface area (Å²) in [4.78, 5) is 23.8. The molecule has 2 rings (SSSR count). The minimum atomic E-state index is -0.746. The van der Waals surface area contributed by atoms with Crippen LogP contribution in [-0.2, 0) is 24.5 Å². The molecule has 0 aliphatic carbocycles. The van der Waals surface area contributed by atoms with E-state index in [-0.39, 0.29) is 17.8 Å². The number of nitrogens with two attached hydrogens (primary N) is 1. The standard InChI is InChI=1S/C17H23NO4/c1-3-14(15(19)22-4-2)12-5-7-13(8-6-12)17(16(18)20)9-10-21-11-17/h5-8,14H,3-4,9-11H2,1-2H3,(H2,18,20). The first kappa shape index (κ1) is 16.5. The minimum absolute atomic E-state index is 0.216. The summed E-state index contributed by atoms with van der Waals surface area (Å²) in [7, 11) is 0. The van der Waals surface area contributed by atoms with Crippen LogP contribution in [0.4, 0.5) is 0 Å². The third-order valence-corrected chi connectivity index (χ3v) is 4.34. The second-order valence-corrected chi connectivity index (χ2v) is 5.58. The van der Waals surface area contributed by atoms with E-state index in [1.807, 2.05) is 31.2 Å². The Morgan fingerprint density at radius 3 is 2.45 bits per heavy atom. The third-order valence-electron chi connectivity index (χ3n) is 4.34. The number of primary amides is 1. The summed E-state index contributed by atoms with van der Waals surface area (Å²) < 4.78 is 10.5. The van der Waals surface area contributed by atoms with Gasteiger partial charge in [0.2, 0.25) is 5.91 Å². The largest absolute Gasteiger partial charge is 0.466 e. The molecule has 2 unspecified atom stereocenters. The Hall–Kier alpha value is -1.88. The van der Waals surface area contributed by atoms with Crippen LogP contribution in [0.25, 0.3) is 0 Å². The number of carbonyl (C=O) groups is 2. The molecule has 1 aliphatic heterocycles. The quantitative estimate of drug-likeness (QED) is 0.814. The van der Waals surface area contributed by atoms with Crippen LogP contribution in [0.3, 0.4) is 0 Å². The summed E-state index contributed by atoms with van der Waals surface area (Å²) in [6.45, 7) is 4.97. The zero-order valence-corrected chi connectivity index (χ0v) is 13.1. The van der Waals surface area contributed by atoms with Gasteiger partial charge in [0.15, 0.2) is 0 Å². The SMILES string of the molecule is CCOC(=O)C(CC)c1ccc(C2(C(N)=O)CCOC2)cc1. The van der Waals surface area contributed by atoms with Crippen molar-refractivity contribution in [3.63, 3.8) is 0 Å². The van der Waals surface area contributed by atoms with Gasteiger partial charge in [0.1, 0.15) is 0 Å². The van der Waals surface area contributed by atoms with Crippen LogP contribution in [0.5, 0.6) is 0 Å². The first-order chi connectivity index (χ1) is 10.5. The maximum Gasteiger partial charge on any atom is 0.313 e. The van der Waals surface area contributed by atoms with Crippen molar-refractivity contribution in [2.45, 2.75) is 38.0 Å². The normalized spacial score (nSPS) is 22.3. The third kappa shape index (κ3) is 2.99. The molecule has 1 aromatic carbocycles. The number of esters is 1. The molecule has 0 radical (unpaired) electrons. The molecule has 1 saturated heterocycles. The maximum absolute atomic E-state index is 12.0. The first-order valence-electron chi connectivity index (χ1n) is 7.70. The maximum atomic E-state index is 12.0. The Kier molecular flexibility index (Phi) is 5.19. The Morgan fingerprint density at radius 1 is 1.32 bits per heavy atom. The van der Waals surface area contributed by atoms with Crippen molar-refractivity contribution in [3.05, 3.63) is 35.4 Å². The van der Waals surface area contributed by atoms with Crippen LogP contribution in [-0.4, -0.2) is 31.7 Å². The van der Waals surface area contributed by atoms with Gasteiger partial charge in [-0.3, -0.25) is 9.59 Å². The molecule has 2 atom stereocenters. The highest BCUT2D eigenvalue weighted by Gasteiger charge is 2.42. The lowest BCUT2D eigenvalue weighted by Gasteiger charge is -2.24. The van der Waals surface area contributed by atoms with Gasteiger partial charge in [-0.2, -0.15) is 0 Å². The number of carbonyl (C=O) groups excluding carboxylic acids is 2. The van der Waals surface area contributed by atoms with E-state index in [0.29, 0.717) is 32.7 Å². The Morgan fingerprint density at radius 2 is 2.00 bits per heavy atom. The Bertz CT molecular complexity index is 532. The van der Waals surface area contributed by atoms with Crippen LogP contribution in [0, 0.1) is 0 Å². The van der Waals surface area contributed by atoms with Gasteiger partial charge in [-0.1, -0.05) is 31.2 Å². The lowest BCUT2D eigenvalue weighted by molar-refractivity contribution is -0.145. The smallest absolute Gasteiger partial charge is 0.313 e. The molecule has 2 N–H and O–H groups in total.